The van der Waals surface area contributed by atoms with Crippen LogP contribution in [0.15, 0.2) is 55.0 Å². The molecule has 2 heterocycles. The third-order valence-corrected chi connectivity index (χ3v) is 3.77. The van der Waals surface area contributed by atoms with E-state index in [1.165, 1.54) is 0 Å². The van der Waals surface area contributed by atoms with Crippen molar-refractivity contribution < 1.29 is 9.90 Å². The minimum absolute atomic E-state index is 0.0456. The number of rotatable bonds is 5. The summed E-state index contributed by atoms with van der Waals surface area (Å²) in [6.07, 6.45) is 5.04. The van der Waals surface area contributed by atoms with Gasteiger partial charge in [0.05, 0.1) is 18.4 Å². The normalized spacial score (nSPS) is 13.2. The minimum Gasteiger partial charge on any atom is -0.383 e. The Morgan fingerprint density at radius 2 is 2.04 bits per heavy atom. The van der Waals surface area contributed by atoms with Crippen LogP contribution in [0.25, 0.3) is 5.69 Å². The van der Waals surface area contributed by atoms with Crippen LogP contribution in [0.1, 0.15) is 12.5 Å². The van der Waals surface area contributed by atoms with E-state index in [-0.39, 0.29) is 6.54 Å². The van der Waals surface area contributed by atoms with Crippen molar-refractivity contribution in [2.24, 2.45) is 7.05 Å². The zero-order valence-corrected chi connectivity index (χ0v) is 14.0. The lowest BCUT2D eigenvalue weighted by molar-refractivity contribution is 0.0599. The molecule has 0 spiro atoms. The molecular formula is C17H20N6O2. The van der Waals surface area contributed by atoms with Crippen LogP contribution in [0, 0.1) is 0 Å². The van der Waals surface area contributed by atoms with Crippen molar-refractivity contribution in [2.75, 3.05) is 11.9 Å². The van der Waals surface area contributed by atoms with Gasteiger partial charge in [0.2, 0.25) is 0 Å². The van der Waals surface area contributed by atoms with Crippen LogP contribution in [0.2, 0.25) is 0 Å². The number of aliphatic hydroxyl groups is 1. The Morgan fingerprint density at radius 1 is 1.28 bits per heavy atom. The Labute approximate surface area is 145 Å². The number of carbonyl (C=O) groups is 1. The number of hydrogen-bond acceptors (Lipinski definition) is 4. The second-order valence-corrected chi connectivity index (χ2v) is 5.97. The van der Waals surface area contributed by atoms with Crippen molar-refractivity contribution >= 4 is 11.8 Å². The van der Waals surface area contributed by atoms with Crippen LogP contribution in [0.4, 0.5) is 10.6 Å². The molecule has 3 aromatic rings. The van der Waals surface area contributed by atoms with Gasteiger partial charge in [0.15, 0.2) is 5.82 Å². The topological polar surface area (TPSA) is 97.0 Å². The third-order valence-electron chi connectivity index (χ3n) is 3.77. The number of amides is 2. The first-order chi connectivity index (χ1) is 11.9. The molecule has 3 N–H and O–H groups in total. The van der Waals surface area contributed by atoms with Gasteiger partial charge in [-0.3, -0.25) is 10.00 Å². The quantitative estimate of drug-likeness (QED) is 0.658. The van der Waals surface area contributed by atoms with Gasteiger partial charge in [-0.15, -0.1) is 5.10 Å². The largest absolute Gasteiger partial charge is 0.383 e. The highest BCUT2D eigenvalue weighted by molar-refractivity contribution is 5.88. The van der Waals surface area contributed by atoms with Gasteiger partial charge in [-0.2, -0.15) is 5.10 Å². The van der Waals surface area contributed by atoms with Gasteiger partial charge < -0.3 is 10.4 Å². The fraction of sp³-hybridized carbons (Fsp3) is 0.235. The number of urea groups is 1. The number of para-hydroxylation sites is 1. The number of benzene rings is 1. The maximum absolute atomic E-state index is 12.0. The average molecular weight is 340 g/mol. The first-order valence-corrected chi connectivity index (χ1v) is 7.81. The van der Waals surface area contributed by atoms with Gasteiger partial charge in [-0.25, -0.2) is 9.48 Å². The second-order valence-electron chi connectivity index (χ2n) is 5.97. The molecule has 0 radical (unpaired) electrons. The molecule has 25 heavy (non-hydrogen) atoms. The molecule has 0 aliphatic heterocycles. The Balaban J connectivity index is 1.57. The van der Waals surface area contributed by atoms with E-state index in [9.17, 15) is 9.90 Å². The summed E-state index contributed by atoms with van der Waals surface area (Å²) in [5.74, 6) is 0.419. The van der Waals surface area contributed by atoms with E-state index in [1.807, 2.05) is 30.3 Å². The molecule has 0 saturated heterocycles. The van der Waals surface area contributed by atoms with Crippen LogP contribution in [0.5, 0.6) is 0 Å². The molecule has 0 aliphatic rings. The summed E-state index contributed by atoms with van der Waals surface area (Å²) >= 11 is 0. The number of aromatic nitrogens is 4. The van der Waals surface area contributed by atoms with Gasteiger partial charge >= 0.3 is 6.03 Å². The highest BCUT2D eigenvalue weighted by Crippen LogP contribution is 2.18. The number of aryl methyl sites for hydroxylation is 1. The number of nitrogens with one attached hydrogen (secondary N) is 2. The van der Waals surface area contributed by atoms with Crippen LogP contribution in [0.3, 0.4) is 0 Å². The van der Waals surface area contributed by atoms with E-state index < -0.39 is 11.6 Å². The molecule has 0 aliphatic carbocycles. The van der Waals surface area contributed by atoms with Crippen molar-refractivity contribution in [3.63, 3.8) is 0 Å². The summed E-state index contributed by atoms with van der Waals surface area (Å²) in [5.41, 5.74) is 0.314. The molecule has 1 atom stereocenters. The van der Waals surface area contributed by atoms with Crippen LogP contribution in [-0.2, 0) is 12.6 Å². The van der Waals surface area contributed by atoms with Gasteiger partial charge in [0, 0.05) is 31.1 Å². The molecule has 0 fully saturated rings. The Morgan fingerprint density at radius 3 is 2.72 bits per heavy atom. The predicted octanol–water partition coefficient (Wildman–Crippen LogP) is 1.63. The average Bonchev–Trinajstić information content (AvgIpc) is 3.23. The summed E-state index contributed by atoms with van der Waals surface area (Å²) in [6.45, 7) is 1.67. The van der Waals surface area contributed by atoms with E-state index in [0.29, 0.717) is 11.4 Å². The molecule has 0 bridgehead atoms. The molecule has 130 valence electrons. The summed E-state index contributed by atoms with van der Waals surface area (Å²) < 4.78 is 3.27. The van der Waals surface area contributed by atoms with E-state index in [0.717, 1.165) is 5.69 Å². The maximum atomic E-state index is 12.0. The highest BCUT2D eigenvalue weighted by atomic mass is 16.3. The van der Waals surface area contributed by atoms with Crippen molar-refractivity contribution in [3.05, 3.63) is 60.6 Å². The highest BCUT2D eigenvalue weighted by Gasteiger charge is 2.25. The third kappa shape index (κ3) is 4.04. The zero-order chi connectivity index (χ0) is 17.9. The SMILES string of the molecule is Cn1cc(C(C)(O)CNC(=O)Nc2ccn(-c3ccccc3)n2)cn1. The van der Waals surface area contributed by atoms with Gasteiger partial charge in [0.1, 0.15) is 5.60 Å². The first kappa shape index (κ1) is 16.7. The van der Waals surface area contributed by atoms with Crippen LogP contribution >= 0.6 is 0 Å². The van der Waals surface area contributed by atoms with Crippen molar-refractivity contribution in [3.8, 4) is 5.69 Å². The minimum atomic E-state index is -1.21. The lowest BCUT2D eigenvalue weighted by Crippen LogP contribution is -2.40. The van der Waals surface area contributed by atoms with E-state index in [1.54, 1.807) is 48.0 Å². The van der Waals surface area contributed by atoms with Crippen LogP contribution < -0.4 is 10.6 Å². The lowest BCUT2D eigenvalue weighted by atomic mass is 10.00. The zero-order valence-electron chi connectivity index (χ0n) is 14.0. The molecule has 2 aromatic heterocycles. The lowest BCUT2D eigenvalue weighted by Gasteiger charge is -2.22. The standard InChI is InChI=1S/C17H20N6O2/c1-17(25,13-10-19-22(2)11-13)12-18-16(24)20-15-8-9-23(21-15)14-6-4-3-5-7-14/h3-11,25H,12H2,1-2H3,(H2,18,20,21,24). The number of nitrogens with zero attached hydrogens (tertiary/aromatic N) is 4. The van der Waals surface area contributed by atoms with E-state index in [4.69, 9.17) is 0 Å². The first-order valence-electron chi connectivity index (χ1n) is 7.81. The molecule has 2 amide bonds. The Hall–Kier alpha value is -3.13. The summed E-state index contributed by atoms with van der Waals surface area (Å²) in [5, 5.41) is 24.1. The molecule has 8 heteroatoms. The molecule has 3 rings (SSSR count). The van der Waals surface area contributed by atoms with Gasteiger partial charge in [-0.05, 0) is 19.1 Å². The fourth-order valence-electron chi connectivity index (χ4n) is 2.33. The monoisotopic (exact) mass is 340 g/mol. The molecule has 0 saturated carbocycles. The molecule has 1 aromatic carbocycles. The number of anilines is 1. The van der Waals surface area contributed by atoms with Crippen molar-refractivity contribution in [2.45, 2.75) is 12.5 Å². The molecule has 8 nitrogen and oxygen atoms in total. The summed E-state index contributed by atoms with van der Waals surface area (Å²) in [7, 11) is 1.77. The van der Waals surface area contributed by atoms with E-state index in [2.05, 4.69) is 20.8 Å². The second kappa shape index (κ2) is 6.78. The van der Waals surface area contributed by atoms with Crippen LogP contribution in [-0.4, -0.2) is 37.2 Å². The smallest absolute Gasteiger partial charge is 0.320 e. The number of hydrogen-bond donors (Lipinski definition) is 3. The van der Waals surface area contributed by atoms with Crippen molar-refractivity contribution in [1.82, 2.24) is 24.9 Å². The summed E-state index contributed by atoms with van der Waals surface area (Å²) in [4.78, 5) is 12.0. The molecular weight excluding hydrogens is 320 g/mol. The van der Waals surface area contributed by atoms with Crippen molar-refractivity contribution in [1.29, 1.82) is 0 Å². The Bertz CT molecular complexity index is 853. The Kier molecular flexibility index (Phi) is 4.53. The maximum Gasteiger partial charge on any atom is 0.320 e. The van der Waals surface area contributed by atoms with E-state index >= 15 is 0 Å². The summed E-state index contributed by atoms with van der Waals surface area (Å²) in [6, 6.07) is 10.8. The molecule has 1 unspecified atom stereocenters. The van der Waals surface area contributed by atoms with Gasteiger partial charge in [-0.1, -0.05) is 18.2 Å². The van der Waals surface area contributed by atoms with Gasteiger partial charge in [0.25, 0.3) is 0 Å². The fourth-order valence-corrected chi connectivity index (χ4v) is 2.33. The number of carbonyl (C=O) groups excluding carboxylic acids is 1. The predicted molar refractivity (Wildman–Crippen MR) is 93.4 cm³/mol.